The highest BCUT2D eigenvalue weighted by molar-refractivity contribution is 6.29. The van der Waals surface area contributed by atoms with Crippen LogP contribution in [0.25, 0.3) is 0 Å². The van der Waals surface area contributed by atoms with Gasteiger partial charge >= 0.3 is 0 Å². The van der Waals surface area contributed by atoms with Gasteiger partial charge in [0.15, 0.2) is 0 Å². The molecule has 0 spiro atoms. The van der Waals surface area contributed by atoms with Crippen molar-refractivity contribution in [2.24, 2.45) is 5.92 Å². The standard InChI is InChI=1S/C12H16ClN3O/c1-16-6-5-9(8-16)7-14-12(17)10-3-2-4-11(13)15-10/h2-4,9H,5-8H2,1H3,(H,14,17). The summed E-state index contributed by atoms with van der Waals surface area (Å²) in [5.41, 5.74) is 0.379. The first-order valence-corrected chi connectivity index (χ1v) is 6.12. The summed E-state index contributed by atoms with van der Waals surface area (Å²) < 4.78 is 0. The summed E-state index contributed by atoms with van der Waals surface area (Å²) in [6, 6.07) is 5.06. The molecule has 1 aromatic rings. The van der Waals surface area contributed by atoms with Gasteiger partial charge in [-0.1, -0.05) is 17.7 Å². The Kier molecular flexibility index (Phi) is 3.97. The van der Waals surface area contributed by atoms with E-state index in [4.69, 9.17) is 11.6 Å². The van der Waals surface area contributed by atoms with Gasteiger partial charge in [-0.05, 0) is 38.1 Å². The van der Waals surface area contributed by atoms with Crippen LogP contribution in [0.15, 0.2) is 18.2 Å². The number of nitrogens with one attached hydrogen (secondary N) is 1. The van der Waals surface area contributed by atoms with Gasteiger partial charge in [0.05, 0.1) is 0 Å². The van der Waals surface area contributed by atoms with Gasteiger partial charge in [-0.3, -0.25) is 4.79 Å². The van der Waals surface area contributed by atoms with Crippen LogP contribution in [0.4, 0.5) is 0 Å². The minimum absolute atomic E-state index is 0.151. The van der Waals surface area contributed by atoms with E-state index in [2.05, 4.69) is 22.2 Å². The third-order valence-corrected chi connectivity index (χ3v) is 3.20. The topological polar surface area (TPSA) is 45.2 Å². The van der Waals surface area contributed by atoms with Crippen LogP contribution < -0.4 is 5.32 Å². The van der Waals surface area contributed by atoms with Gasteiger partial charge < -0.3 is 10.2 Å². The Labute approximate surface area is 106 Å². The molecule has 1 saturated heterocycles. The molecule has 1 N–H and O–H groups in total. The molecule has 92 valence electrons. The summed E-state index contributed by atoms with van der Waals surface area (Å²) in [6.45, 7) is 2.86. The third-order valence-electron chi connectivity index (χ3n) is 2.99. The van der Waals surface area contributed by atoms with E-state index in [9.17, 15) is 4.79 Å². The lowest BCUT2D eigenvalue weighted by atomic mass is 10.1. The molecular formula is C12H16ClN3O. The van der Waals surface area contributed by atoms with E-state index in [1.807, 2.05) is 0 Å². The number of nitrogens with zero attached hydrogens (tertiary/aromatic N) is 2. The summed E-state index contributed by atoms with van der Waals surface area (Å²) in [5.74, 6) is 0.394. The van der Waals surface area contributed by atoms with Crippen molar-refractivity contribution in [1.82, 2.24) is 15.2 Å². The Morgan fingerprint density at radius 1 is 1.65 bits per heavy atom. The molecule has 1 aliphatic heterocycles. The molecule has 2 rings (SSSR count). The number of halogens is 1. The van der Waals surface area contributed by atoms with Crippen molar-refractivity contribution in [2.45, 2.75) is 6.42 Å². The second-order valence-electron chi connectivity index (χ2n) is 4.47. The molecule has 17 heavy (non-hydrogen) atoms. The number of hydrogen-bond acceptors (Lipinski definition) is 3. The molecule has 0 radical (unpaired) electrons. The fraction of sp³-hybridized carbons (Fsp3) is 0.500. The van der Waals surface area contributed by atoms with Gasteiger partial charge in [0.25, 0.3) is 5.91 Å². The number of likely N-dealkylation sites (tertiary alicyclic amines) is 1. The molecular weight excluding hydrogens is 238 g/mol. The minimum Gasteiger partial charge on any atom is -0.350 e. The molecule has 0 aliphatic carbocycles. The van der Waals surface area contributed by atoms with Crippen LogP contribution in [-0.4, -0.2) is 42.5 Å². The lowest BCUT2D eigenvalue weighted by molar-refractivity contribution is 0.0942. The van der Waals surface area contributed by atoms with Crippen molar-refractivity contribution >= 4 is 17.5 Å². The van der Waals surface area contributed by atoms with Crippen molar-refractivity contribution in [3.05, 3.63) is 29.0 Å². The van der Waals surface area contributed by atoms with Crippen molar-refractivity contribution < 1.29 is 4.79 Å². The second kappa shape index (κ2) is 5.47. The summed E-state index contributed by atoms with van der Waals surface area (Å²) in [7, 11) is 2.10. The van der Waals surface area contributed by atoms with Crippen molar-refractivity contribution in [1.29, 1.82) is 0 Å². The molecule has 1 aliphatic rings. The van der Waals surface area contributed by atoms with E-state index in [-0.39, 0.29) is 5.91 Å². The zero-order valence-corrected chi connectivity index (χ0v) is 10.6. The normalized spacial score (nSPS) is 20.5. The predicted molar refractivity (Wildman–Crippen MR) is 67.2 cm³/mol. The molecule has 0 bridgehead atoms. The van der Waals surface area contributed by atoms with Gasteiger partial charge in [0.1, 0.15) is 10.8 Å². The van der Waals surface area contributed by atoms with Crippen LogP contribution in [0.5, 0.6) is 0 Å². The molecule has 4 nitrogen and oxygen atoms in total. The zero-order valence-electron chi connectivity index (χ0n) is 9.82. The number of rotatable bonds is 3. The molecule has 2 heterocycles. The Bertz CT molecular complexity index is 410. The zero-order chi connectivity index (χ0) is 12.3. The van der Waals surface area contributed by atoms with Crippen molar-refractivity contribution in [3.8, 4) is 0 Å². The number of pyridine rings is 1. The number of carbonyl (C=O) groups is 1. The molecule has 1 unspecified atom stereocenters. The van der Waals surface area contributed by atoms with Crippen LogP contribution in [0.2, 0.25) is 5.15 Å². The van der Waals surface area contributed by atoms with Gasteiger partial charge in [0, 0.05) is 13.1 Å². The number of hydrogen-bond donors (Lipinski definition) is 1. The maximum Gasteiger partial charge on any atom is 0.269 e. The van der Waals surface area contributed by atoms with E-state index in [1.165, 1.54) is 0 Å². The van der Waals surface area contributed by atoms with Crippen LogP contribution in [0, 0.1) is 5.92 Å². The first kappa shape index (κ1) is 12.3. The molecule has 0 aromatic carbocycles. The quantitative estimate of drug-likeness (QED) is 0.829. The molecule has 5 heteroatoms. The lowest BCUT2D eigenvalue weighted by Gasteiger charge is -2.11. The van der Waals surface area contributed by atoms with Crippen molar-refractivity contribution in [2.75, 3.05) is 26.7 Å². The number of aromatic nitrogens is 1. The minimum atomic E-state index is -0.151. The van der Waals surface area contributed by atoms with Crippen LogP contribution >= 0.6 is 11.6 Å². The third kappa shape index (κ3) is 3.41. The molecule has 1 amide bonds. The highest BCUT2D eigenvalue weighted by Crippen LogP contribution is 2.13. The fourth-order valence-corrected chi connectivity index (χ4v) is 2.22. The Morgan fingerprint density at radius 2 is 2.47 bits per heavy atom. The Hall–Kier alpha value is -1.13. The summed E-state index contributed by atoms with van der Waals surface area (Å²) in [4.78, 5) is 18.0. The predicted octanol–water partition coefficient (Wildman–Crippen LogP) is 1.42. The van der Waals surface area contributed by atoms with E-state index >= 15 is 0 Å². The maximum atomic E-state index is 11.8. The van der Waals surface area contributed by atoms with Gasteiger partial charge in [-0.15, -0.1) is 0 Å². The highest BCUT2D eigenvalue weighted by Gasteiger charge is 2.20. The summed E-state index contributed by atoms with van der Waals surface area (Å²) in [6.07, 6.45) is 1.14. The van der Waals surface area contributed by atoms with Crippen LogP contribution in [0.1, 0.15) is 16.9 Å². The smallest absolute Gasteiger partial charge is 0.269 e. The first-order chi connectivity index (χ1) is 8.15. The van der Waals surface area contributed by atoms with Crippen LogP contribution in [0.3, 0.4) is 0 Å². The number of amides is 1. The van der Waals surface area contributed by atoms with E-state index in [0.717, 1.165) is 19.5 Å². The summed E-state index contributed by atoms with van der Waals surface area (Å²) >= 11 is 5.74. The molecule has 1 atom stereocenters. The monoisotopic (exact) mass is 253 g/mol. The molecule has 1 fully saturated rings. The lowest BCUT2D eigenvalue weighted by Crippen LogP contribution is -2.31. The van der Waals surface area contributed by atoms with Crippen LogP contribution in [-0.2, 0) is 0 Å². The highest BCUT2D eigenvalue weighted by atomic mass is 35.5. The van der Waals surface area contributed by atoms with E-state index in [0.29, 0.717) is 23.3 Å². The van der Waals surface area contributed by atoms with Gasteiger partial charge in [-0.2, -0.15) is 0 Å². The average Bonchev–Trinajstić information content (AvgIpc) is 2.72. The summed E-state index contributed by atoms with van der Waals surface area (Å²) in [5, 5.41) is 3.25. The van der Waals surface area contributed by atoms with Crippen molar-refractivity contribution in [3.63, 3.8) is 0 Å². The molecule has 0 saturated carbocycles. The maximum absolute atomic E-state index is 11.8. The Morgan fingerprint density at radius 3 is 3.12 bits per heavy atom. The first-order valence-electron chi connectivity index (χ1n) is 5.74. The largest absolute Gasteiger partial charge is 0.350 e. The molecule has 1 aromatic heterocycles. The van der Waals surface area contributed by atoms with Gasteiger partial charge in [0.2, 0.25) is 0 Å². The fourth-order valence-electron chi connectivity index (χ4n) is 2.06. The second-order valence-corrected chi connectivity index (χ2v) is 4.86. The van der Waals surface area contributed by atoms with E-state index < -0.39 is 0 Å². The average molecular weight is 254 g/mol. The van der Waals surface area contributed by atoms with Gasteiger partial charge in [-0.25, -0.2) is 4.98 Å². The number of carbonyl (C=O) groups excluding carboxylic acids is 1. The SMILES string of the molecule is CN1CCC(CNC(=O)c2cccc(Cl)n2)C1. The van der Waals surface area contributed by atoms with E-state index in [1.54, 1.807) is 18.2 Å². The Balaban J connectivity index is 1.85.